The fraction of sp³-hybridized carbons (Fsp3) is 0.500. The van der Waals surface area contributed by atoms with E-state index in [4.69, 9.17) is 2.74 Å². The Labute approximate surface area is 61.8 Å². The van der Waals surface area contributed by atoms with Gasteiger partial charge in [-0.25, -0.2) is 7.06 Å². The fourth-order valence-electron chi connectivity index (χ4n) is 0. The molecule has 0 atom stereocenters. The summed E-state index contributed by atoms with van der Waals surface area (Å²) in [6, 6.07) is 0. The van der Waals surface area contributed by atoms with E-state index in [0.29, 0.717) is 0 Å². The molecule has 0 unspecified atom stereocenters. The van der Waals surface area contributed by atoms with Gasteiger partial charge in [0.1, 0.15) is 0 Å². The number of ether oxygens (including phenoxy) is 1. The number of hydrogen-bond donors (Lipinski definition) is 0. The predicted octanol–water partition coefficient (Wildman–Crippen LogP) is -2.95. The first-order valence-corrected chi connectivity index (χ1v) is 0.612. The summed E-state index contributed by atoms with van der Waals surface area (Å²) in [5, 5.41) is 0. The third kappa shape index (κ3) is 36.8. The van der Waals surface area contributed by atoms with Crippen molar-refractivity contribution in [3.8, 4) is 0 Å². The minimum atomic E-state index is -0.495. The van der Waals surface area contributed by atoms with Gasteiger partial charge < -0.3 is 21.7 Å². The Morgan fingerprint density at radius 3 is 2.20 bits per heavy atom. The van der Waals surface area contributed by atoms with E-state index in [0.717, 1.165) is 0 Å². The summed E-state index contributed by atoms with van der Waals surface area (Å²) in [6.45, 7) is 0. The van der Waals surface area contributed by atoms with Gasteiger partial charge in [-0.15, -0.1) is 0 Å². The van der Waals surface area contributed by atoms with Gasteiger partial charge in [0, 0.05) is 0 Å². The summed E-state index contributed by atoms with van der Waals surface area (Å²) in [7, 11) is 0.792. The molecule has 5 heavy (non-hydrogen) atoms. The van der Waals surface area contributed by atoms with E-state index in [-0.39, 0.29) is 40.0 Å². The monoisotopic (exact) mass is 150 g/mol. The molecule has 0 saturated carbocycles. The smallest absolute Gasteiger partial charge is 1.00 e. The molecule has 0 spiro atoms. The molecule has 0 rings (SSSR count). The molecule has 0 aliphatic rings. The predicted molar refractivity (Wildman–Crippen MR) is 18.1 cm³/mol. The molecule has 0 heterocycles. The van der Waals surface area contributed by atoms with Crippen LogP contribution >= 0.6 is 0 Å². The maximum absolute atomic E-state index is 6.19. The Balaban J connectivity index is -0.0000000800. The molecule has 0 bridgehead atoms. The van der Waals surface area contributed by atoms with Crippen molar-refractivity contribution in [1.29, 1.82) is 0 Å². The minimum absolute atomic E-state index is 0. The normalized spacial score (nSPS) is 10.0. The van der Waals surface area contributed by atoms with Gasteiger partial charge in [0.25, 0.3) is 0 Å². The Kier molecular flexibility index (Phi) is 23.5. The molecule has 0 N–H and O–H groups in total. The maximum atomic E-state index is 6.19. The van der Waals surface area contributed by atoms with Crippen LogP contribution < -0.4 is 17.0 Å². The van der Waals surface area contributed by atoms with Crippen LogP contribution in [-0.4, -0.2) is 30.2 Å². The fourth-order valence-corrected chi connectivity index (χ4v) is 0. The molecule has 0 radical (unpaired) electrons. The average molecular weight is 151 g/mol. The Morgan fingerprint density at radius 2 is 2.20 bits per heavy atom. The molecule has 0 fully saturated rings. The van der Waals surface area contributed by atoms with Crippen molar-refractivity contribution in [3.63, 3.8) is 0 Å². The van der Waals surface area contributed by atoms with Gasteiger partial charge in [-0.05, 0) is 7.11 Å². The zero-order chi connectivity index (χ0) is 4.28. The number of methoxy groups -OCH3 is 1. The average Bonchev–Trinajstić information content (AvgIpc) is 1.38. The molecule has 0 aliphatic carbocycles. The molecule has 0 aromatic heterocycles. The molecule has 0 saturated heterocycles. The SMILES string of the molecule is [2H][C-]([2H])OC.[Br-].[Mg+2]. The molecule has 0 aliphatic heterocycles. The van der Waals surface area contributed by atoms with Crippen molar-refractivity contribution in [3.05, 3.63) is 7.06 Å². The Morgan fingerprint density at radius 1 is 2.00 bits per heavy atom. The summed E-state index contributed by atoms with van der Waals surface area (Å²) in [5.41, 5.74) is 0. The van der Waals surface area contributed by atoms with Crippen LogP contribution in [-0.2, 0) is 4.74 Å². The summed E-state index contributed by atoms with van der Waals surface area (Å²) in [5.74, 6) is 0. The summed E-state index contributed by atoms with van der Waals surface area (Å²) in [4.78, 5) is 0. The molecular formula is C2H5BrMgO. The van der Waals surface area contributed by atoms with E-state index >= 15 is 0 Å². The van der Waals surface area contributed by atoms with Crippen LogP contribution in [0.2, 0.25) is 0 Å². The van der Waals surface area contributed by atoms with Crippen LogP contribution in [0.4, 0.5) is 0 Å². The molecule has 3 heteroatoms. The summed E-state index contributed by atoms with van der Waals surface area (Å²) < 4.78 is 16.4. The second-order valence-corrected chi connectivity index (χ2v) is 0.204. The van der Waals surface area contributed by atoms with Gasteiger partial charge >= 0.3 is 23.1 Å². The van der Waals surface area contributed by atoms with E-state index in [1.54, 1.807) is 0 Å². The van der Waals surface area contributed by atoms with Gasteiger partial charge in [0.2, 0.25) is 0 Å². The van der Waals surface area contributed by atoms with Crippen LogP contribution in [0, 0.1) is 7.06 Å². The maximum Gasteiger partial charge on any atom is 2.00 e. The van der Waals surface area contributed by atoms with Gasteiger partial charge in [-0.3, -0.25) is 0 Å². The number of hydrogen-bond acceptors (Lipinski definition) is 1. The van der Waals surface area contributed by atoms with Crippen LogP contribution in [0.5, 0.6) is 0 Å². The standard InChI is InChI=1S/C2H5O.BrH.Mg/c1-3-2;;/h1H2,2H3;1H;/q-1;;+2/p-1/i1D2;;. The third-order valence-electron chi connectivity index (χ3n) is 0. The number of halogens is 1. The molecular weight excluding hydrogens is 144 g/mol. The van der Waals surface area contributed by atoms with Crippen molar-refractivity contribution >= 4 is 23.1 Å². The van der Waals surface area contributed by atoms with E-state index in [1.165, 1.54) is 7.11 Å². The Hall–Kier alpha value is 1.21. The Bertz CT molecular complexity index is 29.7. The first kappa shape index (κ1) is 6.21. The molecule has 0 aromatic carbocycles. The van der Waals surface area contributed by atoms with E-state index < -0.39 is 7.06 Å². The topological polar surface area (TPSA) is 9.23 Å². The molecule has 0 amide bonds. The summed E-state index contributed by atoms with van der Waals surface area (Å²) >= 11 is 0. The first-order valence-electron chi connectivity index (χ1n) is 1.61. The first-order chi connectivity index (χ1) is 2.27. The van der Waals surface area contributed by atoms with E-state index in [2.05, 4.69) is 4.74 Å². The third-order valence-corrected chi connectivity index (χ3v) is 0. The molecule has 1 nitrogen and oxygen atoms in total. The van der Waals surface area contributed by atoms with E-state index in [1.807, 2.05) is 0 Å². The minimum Gasteiger partial charge on any atom is -1.00 e. The molecule has 28 valence electrons. The van der Waals surface area contributed by atoms with Crippen LogP contribution in [0.3, 0.4) is 0 Å². The van der Waals surface area contributed by atoms with Gasteiger partial charge in [0.05, 0.1) is 0 Å². The van der Waals surface area contributed by atoms with Crippen molar-refractivity contribution in [2.75, 3.05) is 7.11 Å². The van der Waals surface area contributed by atoms with Gasteiger partial charge in [-0.1, -0.05) is 0 Å². The van der Waals surface area contributed by atoms with E-state index in [9.17, 15) is 0 Å². The van der Waals surface area contributed by atoms with Crippen molar-refractivity contribution < 1.29 is 24.5 Å². The zero-order valence-electron chi connectivity index (χ0n) is 4.99. The second-order valence-electron chi connectivity index (χ2n) is 0.204. The second kappa shape index (κ2) is 18.9. The zero-order valence-corrected chi connectivity index (χ0v) is 5.99. The number of rotatable bonds is 1. The van der Waals surface area contributed by atoms with Gasteiger partial charge in [-0.2, -0.15) is 2.74 Å². The van der Waals surface area contributed by atoms with Gasteiger partial charge in [0.15, 0.2) is 0 Å². The van der Waals surface area contributed by atoms with Crippen LogP contribution in [0.1, 0.15) is 2.74 Å². The van der Waals surface area contributed by atoms with Crippen molar-refractivity contribution in [2.24, 2.45) is 0 Å². The van der Waals surface area contributed by atoms with Crippen molar-refractivity contribution in [2.45, 2.75) is 0 Å². The summed E-state index contributed by atoms with van der Waals surface area (Å²) in [6.07, 6.45) is 0. The molecule has 0 aromatic rings. The van der Waals surface area contributed by atoms with Crippen LogP contribution in [0.15, 0.2) is 0 Å². The largest absolute Gasteiger partial charge is 2.00 e. The quantitative estimate of drug-likeness (QED) is 0.288. The van der Waals surface area contributed by atoms with Crippen LogP contribution in [0.25, 0.3) is 0 Å². The van der Waals surface area contributed by atoms with Crippen molar-refractivity contribution in [1.82, 2.24) is 0 Å².